The highest BCUT2D eigenvalue weighted by Crippen LogP contribution is 2.21. The molecule has 2 aromatic carbocycles. The number of amides is 1. The van der Waals surface area contributed by atoms with Crippen LogP contribution in [0.2, 0.25) is 0 Å². The molecule has 0 radical (unpaired) electrons. The number of rotatable bonds is 7. The minimum atomic E-state index is -0.146. The molecule has 138 valence electrons. The predicted octanol–water partition coefficient (Wildman–Crippen LogP) is 3.72. The van der Waals surface area contributed by atoms with Gasteiger partial charge in [0.2, 0.25) is 5.88 Å². The van der Waals surface area contributed by atoms with E-state index in [-0.39, 0.29) is 5.91 Å². The highest BCUT2D eigenvalue weighted by molar-refractivity contribution is 9.10. The molecule has 0 spiro atoms. The van der Waals surface area contributed by atoms with Gasteiger partial charge >= 0.3 is 0 Å². The molecule has 0 fully saturated rings. The maximum atomic E-state index is 12.0. The molecule has 0 aliphatic rings. The molecule has 0 bridgehead atoms. The third-order valence-electron chi connectivity index (χ3n) is 3.77. The summed E-state index contributed by atoms with van der Waals surface area (Å²) in [7, 11) is 1.63. The Labute approximate surface area is 165 Å². The Kier molecular flexibility index (Phi) is 6.38. The molecule has 27 heavy (non-hydrogen) atoms. The second-order valence-corrected chi connectivity index (χ2v) is 6.51. The van der Waals surface area contributed by atoms with Crippen molar-refractivity contribution in [2.24, 2.45) is 0 Å². The van der Waals surface area contributed by atoms with Crippen LogP contribution in [0.5, 0.6) is 11.6 Å². The van der Waals surface area contributed by atoms with E-state index in [1.54, 1.807) is 25.3 Å². The van der Waals surface area contributed by atoms with Crippen molar-refractivity contribution >= 4 is 21.8 Å². The number of benzene rings is 2. The van der Waals surface area contributed by atoms with Crippen molar-refractivity contribution in [3.63, 3.8) is 0 Å². The van der Waals surface area contributed by atoms with Crippen molar-refractivity contribution in [1.29, 1.82) is 0 Å². The molecule has 0 unspecified atom stereocenters. The molecular weight excluding hydrogens is 410 g/mol. The molecule has 0 saturated carbocycles. The van der Waals surface area contributed by atoms with Gasteiger partial charge < -0.3 is 14.8 Å². The van der Waals surface area contributed by atoms with E-state index in [0.717, 1.165) is 21.5 Å². The Hall–Kier alpha value is -2.93. The third-order valence-corrected chi connectivity index (χ3v) is 4.30. The molecule has 1 heterocycles. The standard InChI is InChI=1S/C20H18BrN3O3/c1-26-17-8-4-14(5-9-17)18-10-11-19(24-23-18)27-13-12-22-20(25)15-2-6-16(21)7-3-15/h2-11H,12-13H2,1H3,(H,22,25). The molecule has 1 N–H and O–H groups in total. The molecular formula is C20H18BrN3O3. The molecule has 0 aliphatic carbocycles. The van der Waals surface area contributed by atoms with Crippen molar-refractivity contribution in [2.45, 2.75) is 0 Å². The minimum absolute atomic E-state index is 0.146. The molecule has 3 rings (SSSR count). The summed E-state index contributed by atoms with van der Waals surface area (Å²) in [5, 5.41) is 11.0. The first-order valence-electron chi connectivity index (χ1n) is 8.30. The minimum Gasteiger partial charge on any atom is -0.497 e. The lowest BCUT2D eigenvalue weighted by atomic mass is 10.1. The lowest BCUT2D eigenvalue weighted by molar-refractivity contribution is 0.0946. The monoisotopic (exact) mass is 427 g/mol. The van der Waals surface area contributed by atoms with E-state index in [2.05, 4.69) is 31.4 Å². The fraction of sp³-hybridized carbons (Fsp3) is 0.150. The number of ether oxygens (including phenoxy) is 2. The van der Waals surface area contributed by atoms with Gasteiger partial charge in [0.05, 0.1) is 19.3 Å². The Morgan fingerprint density at radius 1 is 1.00 bits per heavy atom. The lowest BCUT2D eigenvalue weighted by Crippen LogP contribution is -2.28. The summed E-state index contributed by atoms with van der Waals surface area (Å²) >= 11 is 3.34. The zero-order valence-corrected chi connectivity index (χ0v) is 16.3. The maximum absolute atomic E-state index is 12.0. The fourth-order valence-electron chi connectivity index (χ4n) is 2.34. The summed E-state index contributed by atoms with van der Waals surface area (Å²) in [6.45, 7) is 0.676. The first kappa shape index (κ1) is 18.8. The largest absolute Gasteiger partial charge is 0.497 e. The number of carbonyl (C=O) groups excluding carboxylic acids is 1. The highest BCUT2D eigenvalue weighted by Gasteiger charge is 2.05. The smallest absolute Gasteiger partial charge is 0.251 e. The zero-order valence-electron chi connectivity index (χ0n) is 14.7. The molecule has 3 aromatic rings. The van der Waals surface area contributed by atoms with E-state index in [1.807, 2.05) is 42.5 Å². The van der Waals surface area contributed by atoms with E-state index >= 15 is 0 Å². The number of hydrogen-bond acceptors (Lipinski definition) is 5. The van der Waals surface area contributed by atoms with Gasteiger partial charge in [0, 0.05) is 21.7 Å². The zero-order chi connectivity index (χ0) is 19.1. The summed E-state index contributed by atoms with van der Waals surface area (Å²) in [6, 6.07) is 18.3. The Morgan fingerprint density at radius 2 is 1.74 bits per heavy atom. The van der Waals surface area contributed by atoms with E-state index < -0.39 is 0 Å². The van der Waals surface area contributed by atoms with Gasteiger partial charge in [0.25, 0.3) is 5.91 Å². The van der Waals surface area contributed by atoms with Gasteiger partial charge in [-0.05, 0) is 54.6 Å². The lowest BCUT2D eigenvalue weighted by Gasteiger charge is -2.07. The number of nitrogens with one attached hydrogen (secondary N) is 1. The van der Waals surface area contributed by atoms with Gasteiger partial charge in [0.15, 0.2) is 0 Å². The van der Waals surface area contributed by atoms with E-state index in [4.69, 9.17) is 9.47 Å². The van der Waals surface area contributed by atoms with Gasteiger partial charge in [0.1, 0.15) is 12.4 Å². The number of aromatic nitrogens is 2. The normalized spacial score (nSPS) is 10.3. The van der Waals surface area contributed by atoms with Crippen LogP contribution >= 0.6 is 15.9 Å². The van der Waals surface area contributed by atoms with Crippen molar-refractivity contribution < 1.29 is 14.3 Å². The number of hydrogen-bond donors (Lipinski definition) is 1. The average molecular weight is 428 g/mol. The predicted molar refractivity (Wildman–Crippen MR) is 106 cm³/mol. The number of halogens is 1. The van der Waals surface area contributed by atoms with E-state index in [1.165, 1.54) is 0 Å². The van der Waals surface area contributed by atoms with Crippen LogP contribution in [0.25, 0.3) is 11.3 Å². The summed E-state index contributed by atoms with van der Waals surface area (Å²) in [6.07, 6.45) is 0. The Bertz CT molecular complexity index is 882. The average Bonchev–Trinajstić information content (AvgIpc) is 2.72. The van der Waals surface area contributed by atoms with E-state index in [0.29, 0.717) is 24.6 Å². The molecule has 0 atom stereocenters. The van der Waals surface area contributed by atoms with Crippen molar-refractivity contribution in [1.82, 2.24) is 15.5 Å². The molecule has 7 heteroatoms. The SMILES string of the molecule is COc1ccc(-c2ccc(OCCNC(=O)c3ccc(Br)cc3)nn2)cc1. The molecule has 0 saturated heterocycles. The van der Waals surface area contributed by atoms with Crippen LogP contribution in [-0.2, 0) is 0 Å². The second-order valence-electron chi connectivity index (χ2n) is 5.60. The summed E-state index contributed by atoms with van der Waals surface area (Å²) in [4.78, 5) is 12.0. The number of nitrogens with zero attached hydrogens (tertiary/aromatic N) is 2. The van der Waals surface area contributed by atoms with Gasteiger partial charge in [-0.2, -0.15) is 0 Å². The van der Waals surface area contributed by atoms with Crippen LogP contribution in [0.3, 0.4) is 0 Å². The third kappa shape index (κ3) is 5.27. The van der Waals surface area contributed by atoms with Crippen LogP contribution in [0.4, 0.5) is 0 Å². The maximum Gasteiger partial charge on any atom is 0.251 e. The van der Waals surface area contributed by atoms with Crippen LogP contribution in [0, 0.1) is 0 Å². The van der Waals surface area contributed by atoms with Crippen LogP contribution in [0.15, 0.2) is 65.1 Å². The Balaban J connectivity index is 1.47. The summed E-state index contributed by atoms with van der Waals surface area (Å²) in [5.74, 6) is 1.05. The number of methoxy groups -OCH3 is 1. The van der Waals surface area contributed by atoms with Crippen molar-refractivity contribution in [3.8, 4) is 22.9 Å². The van der Waals surface area contributed by atoms with Crippen LogP contribution < -0.4 is 14.8 Å². The first-order valence-corrected chi connectivity index (χ1v) is 9.10. The van der Waals surface area contributed by atoms with Gasteiger partial charge in [-0.25, -0.2) is 0 Å². The van der Waals surface area contributed by atoms with Crippen LogP contribution in [0.1, 0.15) is 10.4 Å². The van der Waals surface area contributed by atoms with Crippen molar-refractivity contribution in [2.75, 3.05) is 20.3 Å². The van der Waals surface area contributed by atoms with Crippen molar-refractivity contribution in [3.05, 3.63) is 70.7 Å². The molecule has 0 aliphatic heterocycles. The fourth-order valence-corrected chi connectivity index (χ4v) is 2.60. The van der Waals surface area contributed by atoms with Gasteiger partial charge in [-0.15, -0.1) is 10.2 Å². The van der Waals surface area contributed by atoms with Crippen LogP contribution in [-0.4, -0.2) is 36.4 Å². The number of carbonyl (C=O) groups is 1. The van der Waals surface area contributed by atoms with E-state index in [9.17, 15) is 4.79 Å². The first-order chi connectivity index (χ1) is 13.2. The quantitative estimate of drug-likeness (QED) is 0.581. The second kappa shape index (κ2) is 9.14. The molecule has 6 nitrogen and oxygen atoms in total. The highest BCUT2D eigenvalue weighted by atomic mass is 79.9. The summed E-state index contributed by atoms with van der Waals surface area (Å²) in [5.41, 5.74) is 2.28. The Morgan fingerprint density at radius 3 is 2.37 bits per heavy atom. The summed E-state index contributed by atoms with van der Waals surface area (Å²) < 4.78 is 11.6. The van der Waals surface area contributed by atoms with Gasteiger partial charge in [-0.3, -0.25) is 4.79 Å². The molecule has 1 amide bonds. The van der Waals surface area contributed by atoms with Gasteiger partial charge in [-0.1, -0.05) is 15.9 Å². The topological polar surface area (TPSA) is 73.3 Å². The molecule has 1 aromatic heterocycles.